The zero-order valence-electron chi connectivity index (χ0n) is 12.3. The third-order valence-corrected chi connectivity index (χ3v) is 5.22. The van der Waals surface area contributed by atoms with Gasteiger partial charge in [0.15, 0.2) is 9.84 Å². The van der Waals surface area contributed by atoms with Gasteiger partial charge in [0.2, 0.25) is 0 Å². The predicted molar refractivity (Wildman–Crippen MR) is 80.2 cm³/mol. The number of nitrogens with zero attached hydrogens (tertiary/aromatic N) is 2. The molecule has 1 rings (SSSR count). The Kier molecular flexibility index (Phi) is 6.18. The lowest BCUT2D eigenvalue weighted by atomic mass is 10.2. The summed E-state index contributed by atoms with van der Waals surface area (Å²) < 4.78 is 24.4. The molecular weight excluding hydrogens is 272 g/mol. The lowest BCUT2D eigenvalue weighted by molar-refractivity contribution is 0.258. The summed E-state index contributed by atoms with van der Waals surface area (Å²) in [5.41, 5.74) is 0.470. The molecule has 0 aliphatic carbocycles. The van der Waals surface area contributed by atoms with E-state index in [0.29, 0.717) is 18.2 Å². The predicted octanol–water partition coefficient (Wildman–Crippen LogP) is 2.45. The molecule has 0 radical (unpaired) electrons. The van der Waals surface area contributed by atoms with E-state index in [0.717, 1.165) is 12.8 Å². The van der Waals surface area contributed by atoms with E-state index in [1.54, 1.807) is 0 Å². The van der Waals surface area contributed by atoms with Crippen LogP contribution in [0, 0.1) is 11.3 Å². The summed E-state index contributed by atoms with van der Waals surface area (Å²) >= 11 is 0. The first-order chi connectivity index (χ1) is 9.40. The Labute approximate surface area is 121 Å². The van der Waals surface area contributed by atoms with Crippen molar-refractivity contribution in [3.8, 4) is 6.07 Å². The fraction of sp³-hybridized carbons (Fsp3) is 0.533. The summed E-state index contributed by atoms with van der Waals surface area (Å²) in [5.74, 6) is 0.101. The number of hydrogen-bond acceptors (Lipinski definition) is 4. The molecule has 1 aromatic carbocycles. The largest absolute Gasteiger partial charge is 0.303 e. The average molecular weight is 294 g/mol. The third kappa shape index (κ3) is 4.62. The Morgan fingerprint density at radius 3 is 2.40 bits per heavy atom. The van der Waals surface area contributed by atoms with Gasteiger partial charge in [0.05, 0.1) is 22.3 Å². The lowest BCUT2D eigenvalue weighted by Crippen LogP contribution is -2.33. The van der Waals surface area contributed by atoms with E-state index in [1.807, 2.05) is 13.1 Å². The van der Waals surface area contributed by atoms with Gasteiger partial charge in [-0.2, -0.15) is 5.26 Å². The molecule has 5 heteroatoms. The van der Waals surface area contributed by atoms with Crippen molar-refractivity contribution in [2.24, 2.45) is 0 Å². The average Bonchev–Trinajstić information content (AvgIpc) is 2.45. The molecule has 0 saturated carbocycles. The number of rotatable bonds is 7. The second kappa shape index (κ2) is 7.41. The van der Waals surface area contributed by atoms with Crippen LogP contribution >= 0.6 is 0 Å². The lowest BCUT2D eigenvalue weighted by Gasteiger charge is -2.24. The maximum Gasteiger partial charge on any atom is 0.179 e. The monoisotopic (exact) mass is 294 g/mol. The van der Waals surface area contributed by atoms with E-state index in [1.165, 1.54) is 24.3 Å². The van der Waals surface area contributed by atoms with Crippen molar-refractivity contribution < 1.29 is 8.42 Å². The second-order valence-electron chi connectivity index (χ2n) is 5.07. The Bertz CT molecular complexity index is 559. The van der Waals surface area contributed by atoms with Crippen LogP contribution < -0.4 is 0 Å². The summed E-state index contributed by atoms with van der Waals surface area (Å²) in [4.78, 5) is 2.36. The summed E-state index contributed by atoms with van der Waals surface area (Å²) in [6, 6.07) is 8.45. The summed E-state index contributed by atoms with van der Waals surface area (Å²) in [5, 5.41) is 8.71. The van der Waals surface area contributed by atoms with E-state index < -0.39 is 9.84 Å². The van der Waals surface area contributed by atoms with Gasteiger partial charge in [-0.1, -0.05) is 13.3 Å². The van der Waals surface area contributed by atoms with Crippen molar-refractivity contribution in [3.63, 3.8) is 0 Å². The fourth-order valence-corrected chi connectivity index (χ4v) is 3.29. The summed E-state index contributed by atoms with van der Waals surface area (Å²) in [7, 11) is -1.33. The zero-order valence-corrected chi connectivity index (χ0v) is 13.2. The van der Waals surface area contributed by atoms with Crippen molar-refractivity contribution >= 4 is 9.84 Å². The summed E-state index contributed by atoms with van der Waals surface area (Å²) in [6.45, 7) is 4.75. The number of benzene rings is 1. The van der Waals surface area contributed by atoms with Crippen molar-refractivity contribution in [2.75, 3.05) is 19.3 Å². The maximum atomic E-state index is 12.2. The molecule has 0 bridgehead atoms. The smallest absolute Gasteiger partial charge is 0.179 e. The molecule has 0 saturated heterocycles. The highest BCUT2D eigenvalue weighted by molar-refractivity contribution is 7.91. The molecule has 0 N–H and O–H groups in total. The van der Waals surface area contributed by atoms with Gasteiger partial charge in [-0.05, 0) is 44.7 Å². The van der Waals surface area contributed by atoms with E-state index in [-0.39, 0.29) is 10.6 Å². The van der Waals surface area contributed by atoms with Gasteiger partial charge in [0.1, 0.15) is 0 Å². The van der Waals surface area contributed by atoms with Crippen molar-refractivity contribution in [3.05, 3.63) is 29.8 Å². The Balaban J connectivity index is 2.68. The first kappa shape index (κ1) is 16.7. The molecule has 20 heavy (non-hydrogen) atoms. The van der Waals surface area contributed by atoms with Gasteiger partial charge < -0.3 is 4.90 Å². The van der Waals surface area contributed by atoms with Crippen LogP contribution in [0.15, 0.2) is 29.2 Å². The van der Waals surface area contributed by atoms with Gasteiger partial charge in [-0.25, -0.2) is 8.42 Å². The molecular formula is C15H22N2O2S. The van der Waals surface area contributed by atoms with Crippen molar-refractivity contribution in [2.45, 2.75) is 37.6 Å². The van der Waals surface area contributed by atoms with E-state index >= 15 is 0 Å². The van der Waals surface area contributed by atoms with Crippen molar-refractivity contribution in [1.82, 2.24) is 4.90 Å². The first-order valence-electron chi connectivity index (χ1n) is 6.84. The van der Waals surface area contributed by atoms with Crippen LogP contribution in [0.1, 0.15) is 32.3 Å². The quantitative estimate of drug-likeness (QED) is 0.775. The highest BCUT2D eigenvalue weighted by atomic mass is 32.2. The topological polar surface area (TPSA) is 61.2 Å². The van der Waals surface area contributed by atoms with Gasteiger partial charge in [-0.3, -0.25) is 0 Å². The fourth-order valence-electron chi connectivity index (χ4n) is 1.98. The molecule has 0 fully saturated rings. The van der Waals surface area contributed by atoms with E-state index in [2.05, 4.69) is 18.7 Å². The molecule has 110 valence electrons. The number of hydrogen-bond donors (Lipinski definition) is 0. The highest BCUT2D eigenvalue weighted by Crippen LogP contribution is 2.13. The Hall–Kier alpha value is -1.38. The molecule has 0 spiro atoms. The Morgan fingerprint density at radius 2 is 1.90 bits per heavy atom. The molecule has 0 heterocycles. The van der Waals surface area contributed by atoms with Crippen LogP contribution in [0.3, 0.4) is 0 Å². The molecule has 0 aromatic heterocycles. The minimum atomic E-state index is -3.28. The normalized spacial score (nSPS) is 13.2. The van der Waals surface area contributed by atoms with Crippen LogP contribution in [0.2, 0.25) is 0 Å². The minimum absolute atomic E-state index is 0.101. The van der Waals surface area contributed by atoms with Crippen LogP contribution in [0.25, 0.3) is 0 Å². The molecule has 0 amide bonds. The van der Waals surface area contributed by atoms with Gasteiger partial charge in [0.25, 0.3) is 0 Å². The van der Waals surface area contributed by atoms with Crippen LogP contribution in [-0.4, -0.2) is 38.7 Å². The SMILES string of the molecule is CCCC(C)N(C)CCS(=O)(=O)c1ccc(C#N)cc1. The third-order valence-electron chi connectivity index (χ3n) is 3.51. The molecule has 0 aliphatic heterocycles. The Morgan fingerprint density at radius 1 is 1.30 bits per heavy atom. The van der Waals surface area contributed by atoms with Gasteiger partial charge >= 0.3 is 0 Å². The highest BCUT2D eigenvalue weighted by Gasteiger charge is 2.17. The molecule has 1 unspecified atom stereocenters. The van der Waals surface area contributed by atoms with Crippen LogP contribution in [0.5, 0.6) is 0 Å². The van der Waals surface area contributed by atoms with Crippen molar-refractivity contribution in [1.29, 1.82) is 5.26 Å². The van der Waals surface area contributed by atoms with Crippen LogP contribution in [0.4, 0.5) is 0 Å². The zero-order chi connectivity index (χ0) is 15.2. The van der Waals surface area contributed by atoms with E-state index in [9.17, 15) is 8.42 Å². The standard InChI is InChI=1S/C15H22N2O2S/c1-4-5-13(2)17(3)10-11-20(18,19)15-8-6-14(12-16)7-9-15/h6-9,13H,4-5,10-11H2,1-3H3. The van der Waals surface area contributed by atoms with Crippen LogP contribution in [-0.2, 0) is 9.84 Å². The summed E-state index contributed by atoms with van der Waals surface area (Å²) in [6.07, 6.45) is 2.15. The van der Waals surface area contributed by atoms with Gasteiger partial charge in [-0.15, -0.1) is 0 Å². The van der Waals surface area contributed by atoms with Gasteiger partial charge in [0, 0.05) is 12.6 Å². The first-order valence-corrected chi connectivity index (χ1v) is 8.49. The molecule has 4 nitrogen and oxygen atoms in total. The molecule has 1 aromatic rings. The van der Waals surface area contributed by atoms with E-state index in [4.69, 9.17) is 5.26 Å². The second-order valence-corrected chi connectivity index (χ2v) is 7.18. The maximum absolute atomic E-state index is 12.2. The number of sulfone groups is 1. The number of nitriles is 1. The molecule has 1 atom stereocenters. The molecule has 0 aliphatic rings. The minimum Gasteiger partial charge on any atom is -0.303 e.